The molecule has 0 bridgehead atoms. The molecule has 0 N–H and O–H groups in total. The van der Waals surface area contributed by atoms with Crippen molar-refractivity contribution in [2.75, 3.05) is 6.61 Å². The highest BCUT2D eigenvalue weighted by Crippen LogP contribution is 2.11. The van der Waals surface area contributed by atoms with E-state index in [4.69, 9.17) is 4.84 Å². The maximum atomic E-state index is 4.80. The van der Waals surface area contributed by atoms with Crippen LogP contribution in [-0.2, 0) is 11.9 Å². The van der Waals surface area contributed by atoms with Crippen LogP contribution < -0.4 is 0 Å². The predicted octanol–water partition coefficient (Wildman–Crippen LogP) is 1.55. The first-order valence-electron chi connectivity index (χ1n) is 3.58. The van der Waals surface area contributed by atoms with Gasteiger partial charge in [0.15, 0.2) is 0 Å². The minimum atomic E-state index is 0.570. The molecule has 1 aromatic rings. The number of aryl methyl sites for hydroxylation is 1. The van der Waals surface area contributed by atoms with Crippen LogP contribution in [0.3, 0.4) is 0 Å². The van der Waals surface area contributed by atoms with Crippen LogP contribution in [0, 0.1) is 0 Å². The Morgan fingerprint density at radius 1 is 1.83 bits per heavy atom. The van der Waals surface area contributed by atoms with E-state index in [2.05, 4.69) is 26.2 Å². The fourth-order valence-corrected chi connectivity index (χ4v) is 1.20. The second-order valence-electron chi connectivity index (χ2n) is 2.19. The summed E-state index contributed by atoms with van der Waals surface area (Å²) in [6.07, 6.45) is 3.43. The molecule has 0 saturated carbocycles. The van der Waals surface area contributed by atoms with Gasteiger partial charge < -0.3 is 4.84 Å². The zero-order valence-corrected chi connectivity index (χ0v) is 8.58. The highest BCUT2D eigenvalue weighted by Gasteiger charge is 2.00. The first-order chi connectivity index (χ1) is 5.74. The minimum absolute atomic E-state index is 0.570. The smallest absolute Gasteiger partial charge is 0.121 e. The number of aromatic nitrogens is 2. The fourth-order valence-electron chi connectivity index (χ4n) is 0.726. The van der Waals surface area contributed by atoms with Crippen LogP contribution in [-0.4, -0.2) is 22.6 Å². The third-order valence-corrected chi connectivity index (χ3v) is 1.80. The van der Waals surface area contributed by atoms with Gasteiger partial charge in [-0.1, -0.05) is 5.16 Å². The Morgan fingerprint density at radius 3 is 3.08 bits per heavy atom. The summed E-state index contributed by atoms with van der Waals surface area (Å²) in [6.45, 7) is 2.45. The molecule has 0 unspecified atom stereocenters. The van der Waals surface area contributed by atoms with Gasteiger partial charge >= 0.3 is 0 Å². The van der Waals surface area contributed by atoms with Gasteiger partial charge in [-0.3, -0.25) is 4.68 Å². The Bertz CT molecular complexity index is 282. The number of oxime groups is 1. The van der Waals surface area contributed by atoms with Crippen LogP contribution in [0.1, 0.15) is 12.6 Å². The zero-order valence-electron chi connectivity index (χ0n) is 6.99. The van der Waals surface area contributed by atoms with Crippen LogP contribution in [0.2, 0.25) is 0 Å². The van der Waals surface area contributed by atoms with Crippen molar-refractivity contribution in [1.29, 1.82) is 0 Å². The van der Waals surface area contributed by atoms with Gasteiger partial charge in [0.1, 0.15) is 12.3 Å². The number of rotatable bonds is 3. The monoisotopic (exact) mass is 231 g/mol. The molecule has 0 fully saturated rings. The standard InChI is InChI=1S/C7H10BrN3O/c1-3-12-9-4-7-6(8)5-11(2)10-7/h4-5H,3H2,1-2H3/b9-4+. The van der Waals surface area contributed by atoms with Gasteiger partial charge in [0, 0.05) is 13.2 Å². The van der Waals surface area contributed by atoms with Gasteiger partial charge in [0.05, 0.1) is 10.7 Å². The molecule has 1 rings (SSSR count). The summed E-state index contributed by atoms with van der Waals surface area (Å²) in [4.78, 5) is 4.80. The minimum Gasteiger partial charge on any atom is -0.396 e. The Labute approximate surface area is 79.3 Å². The van der Waals surface area contributed by atoms with Crippen molar-refractivity contribution in [3.05, 3.63) is 16.4 Å². The van der Waals surface area contributed by atoms with E-state index in [-0.39, 0.29) is 0 Å². The van der Waals surface area contributed by atoms with Crippen molar-refractivity contribution in [2.45, 2.75) is 6.92 Å². The van der Waals surface area contributed by atoms with Gasteiger partial charge in [0.25, 0.3) is 0 Å². The first-order valence-corrected chi connectivity index (χ1v) is 4.37. The average Bonchev–Trinajstić information content (AvgIpc) is 2.31. The van der Waals surface area contributed by atoms with Crippen LogP contribution in [0.15, 0.2) is 15.8 Å². The van der Waals surface area contributed by atoms with Crippen molar-refractivity contribution in [2.24, 2.45) is 12.2 Å². The van der Waals surface area contributed by atoms with Gasteiger partial charge in [0.2, 0.25) is 0 Å². The van der Waals surface area contributed by atoms with E-state index in [1.54, 1.807) is 10.9 Å². The lowest BCUT2D eigenvalue weighted by Gasteiger charge is -1.89. The first kappa shape index (κ1) is 9.25. The topological polar surface area (TPSA) is 39.4 Å². The lowest BCUT2D eigenvalue weighted by molar-refractivity contribution is 0.160. The predicted molar refractivity (Wildman–Crippen MR) is 50.1 cm³/mol. The van der Waals surface area contributed by atoms with E-state index in [0.717, 1.165) is 10.2 Å². The van der Waals surface area contributed by atoms with E-state index in [9.17, 15) is 0 Å². The summed E-state index contributed by atoms with van der Waals surface area (Å²) < 4.78 is 2.62. The van der Waals surface area contributed by atoms with Crippen LogP contribution in [0.25, 0.3) is 0 Å². The Hall–Kier alpha value is -0.840. The summed E-state index contributed by atoms with van der Waals surface area (Å²) >= 11 is 3.34. The third-order valence-electron chi connectivity index (χ3n) is 1.19. The Kier molecular flexibility index (Phi) is 3.28. The van der Waals surface area contributed by atoms with E-state index in [1.165, 1.54) is 0 Å². The molecule has 0 atom stereocenters. The van der Waals surface area contributed by atoms with Gasteiger partial charge in [-0.05, 0) is 22.9 Å². The molecule has 0 amide bonds. The summed E-state index contributed by atoms with van der Waals surface area (Å²) in [5.74, 6) is 0. The number of nitrogens with zero attached hydrogens (tertiary/aromatic N) is 3. The Morgan fingerprint density at radius 2 is 2.58 bits per heavy atom. The number of halogens is 1. The van der Waals surface area contributed by atoms with Gasteiger partial charge in [-0.15, -0.1) is 0 Å². The molecule has 1 aromatic heterocycles. The molecule has 0 aromatic carbocycles. The lowest BCUT2D eigenvalue weighted by Crippen LogP contribution is -1.90. The largest absolute Gasteiger partial charge is 0.396 e. The number of hydrogen-bond donors (Lipinski definition) is 0. The molecule has 66 valence electrons. The van der Waals surface area contributed by atoms with Crippen LogP contribution in [0.5, 0.6) is 0 Å². The number of hydrogen-bond acceptors (Lipinski definition) is 3. The van der Waals surface area contributed by atoms with Crippen molar-refractivity contribution >= 4 is 22.1 Å². The maximum Gasteiger partial charge on any atom is 0.121 e. The Balaban J connectivity index is 2.68. The summed E-state index contributed by atoms with van der Waals surface area (Å²) in [5.41, 5.74) is 0.769. The van der Waals surface area contributed by atoms with Gasteiger partial charge in [-0.2, -0.15) is 5.10 Å². The zero-order chi connectivity index (χ0) is 8.97. The molecule has 0 saturated heterocycles. The molecular weight excluding hydrogens is 222 g/mol. The molecule has 0 spiro atoms. The molecule has 0 aliphatic heterocycles. The normalized spacial score (nSPS) is 10.9. The maximum absolute atomic E-state index is 4.80. The molecular formula is C7H10BrN3O. The summed E-state index contributed by atoms with van der Waals surface area (Å²) in [7, 11) is 1.85. The quantitative estimate of drug-likeness (QED) is 0.585. The van der Waals surface area contributed by atoms with Crippen LogP contribution in [0.4, 0.5) is 0 Å². The van der Waals surface area contributed by atoms with E-state index in [0.29, 0.717) is 6.61 Å². The lowest BCUT2D eigenvalue weighted by atomic mass is 10.5. The molecule has 5 heteroatoms. The summed E-state index contributed by atoms with van der Waals surface area (Å²) in [5, 5.41) is 7.83. The average molecular weight is 232 g/mol. The highest BCUT2D eigenvalue weighted by molar-refractivity contribution is 9.10. The van der Waals surface area contributed by atoms with Crippen LogP contribution >= 0.6 is 15.9 Å². The molecule has 0 aliphatic carbocycles. The second kappa shape index (κ2) is 4.25. The molecule has 1 heterocycles. The van der Waals surface area contributed by atoms with Crippen molar-refractivity contribution in [3.63, 3.8) is 0 Å². The van der Waals surface area contributed by atoms with E-state index >= 15 is 0 Å². The van der Waals surface area contributed by atoms with Gasteiger partial charge in [-0.25, -0.2) is 0 Å². The molecule has 4 nitrogen and oxygen atoms in total. The fraction of sp³-hybridized carbons (Fsp3) is 0.429. The molecule has 0 aliphatic rings. The second-order valence-corrected chi connectivity index (χ2v) is 3.04. The molecule has 0 radical (unpaired) electrons. The summed E-state index contributed by atoms with van der Waals surface area (Å²) in [6, 6.07) is 0. The van der Waals surface area contributed by atoms with E-state index < -0.39 is 0 Å². The van der Waals surface area contributed by atoms with Crippen molar-refractivity contribution in [3.8, 4) is 0 Å². The van der Waals surface area contributed by atoms with Crippen molar-refractivity contribution < 1.29 is 4.84 Å². The SMILES string of the molecule is CCO/N=C/c1nn(C)cc1Br. The molecule has 12 heavy (non-hydrogen) atoms. The van der Waals surface area contributed by atoms with Crippen molar-refractivity contribution in [1.82, 2.24) is 9.78 Å². The van der Waals surface area contributed by atoms with E-state index in [1.807, 2.05) is 20.2 Å². The highest BCUT2D eigenvalue weighted by atomic mass is 79.9. The third kappa shape index (κ3) is 2.34.